The Balaban J connectivity index is 2.75. The van der Waals surface area contributed by atoms with E-state index in [1.54, 1.807) is 0 Å². The summed E-state index contributed by atoms with van der Waals surface area (Å²) in [5.74, 6) is 0.789. The van der Waals surface area contributed by atoms with Gasteiger partial charge in [0.05, 0.1) is 0 Å². The Labute approximate surface area is 78.2 Å². The third-order valence-electron chi connectivity index (χ3n) is 1.71. The van der Waals surface area contributed by atoms with Crippen LogP contribution in [0.3, 0.4) is 0 Å². The summed E-state index contributed by atoms with van der Waals surface area (Å²) in [5, 5.41) is 0. The average Bonchev–Trinajstić information content (AvgIpc) is 2.06. The van der Waals surface area contributed by atoms with Crippen molar-refractivity contribution >= 4 is 18.4 Å². The molecule has 0 aliphatic heterocycles. The van der Waals surface area contributed by atoms with E-state index in [0.717, 1.165) is 5.56 Å². The molecule has 12 heavy (non-hydrogen) atoms. The van der Waals surface area contributed by atoms with E-state index in [9.17, 15) is 4.79 Å². The second kappa shape index (κ2) is 4.31. The molecule has 0 radical (unpaired) electrons. The van der Waals surface area contributed by atoms with Crippen LogP contribution < -0.4 is 0 Å². The van der Waals surface area contributed by atoms with Crippen LogP contribution in [0.25, 0.3) is 0 Å². The van der Waals surface area contributed by atoms with Crippen molar-refractivity contribution in [1.29, 1.82) is 0 Å². The highest BCUT2D eigenvalue weighted by Crippen LogP contribution is 2.06. The smallest absolute Gasteiger partial charge is 0.163 e. The molecule has 0 saturated carbocycles. The molecule has 0 atom stereocenters. The highest BCUT2D eigenvalue weighted by Gasteiger charge is 2.02. The summed E-state index contributed by atoms with van der Waals surface area (Å²) >= 11 is 4.01. The average molecular weight is 180 g/mol. The van der Waals surface area contributed by atoms with Gasteiger partial charge in [-0.05, 0) is 12.7 Å². The lowest BCUT2D eigenvalue weighted by Gasteiger charge is -1.98. The fourth-order valence-electron chi connectivity index (χ4n) is 0.985. The van der Waals surface area contributed by atoms with Crippen LogP contribution in [0.15, 0.2) is 24.3 Å². The van der Waals surface area contributed by atoms with E-state index < -0.39 is 0 Å². The molecule has 1 aromatic rings. The van der Waals surface area contributed by atoms with Gasteiger partial charge in [-0.2, -0.15) is 12.6 Å². The lowest BCUT2D eigenvalue weighted by Crippen LogP contribution is -1.98. The van der Waals surface area contributed by atoms with Gasteiger partial charge in [0.15, 0.2) is 5.78 Å². The summed E-state index contributed by atoms with van der Waals surface area (Å²) < 4.78 is 0. The van der Waals surface area contributed by atoms with E-state index in [1.165, 1.54) is 5.56 Å². The predicted molar refractivity (Wildman–Crippen MR) is 54.0 cm³/mol. The second-order valence-corrected chi connectivity index (χ2v) is 3.21. The maximum Gasteiger partial charge on any atom is 0.163 e. The fourth-order valence-corrected chi connectivity index (χ4v) is 1.19. The number of carbonyl (C=O) groups excluding carboxylic acids is 1. The van der Waals surface area contributed by atoms with Crippen LogP contribution in [0.5, 0.6) is 0 Å². The molecule has 0 N–H and O–H groups in total. The molecule has 2 heteroatoms. The maximum absolute atomic E-state index is 11.3. The first kappa shape index (κ1) is 9.33. The second-order valence-electron chi connectivity index (χ2n) is 2.76. The number of benzene rings is 1. The Morgan fingerprint density at radius 2 is 1.92 bits per heavy atom. The Bertz CT molecular complexity index is 264. The minimum Gasteiger partial charge on any atom is -0.294 e. The molecule has 1 nitrogen and oxygen atoms in total. The van der Waals surface area contributed by atoms with Gasteiger partial charge < -0.3 is 0 Å². The molecule has 1 rings (SSSR count). The number of Topliss-reactive ketones (excluding diaryl/α,β-unsaturated/α-hetero) is 1. The number of rotatable bonds is 3. The molecule has 0 fully saturated rings. The molecule has 0 heterocycles. The van der Waals surface area contributed by atoms with Gasteiger partial charge in [0.2, 0.25) is 0 Å². The highest BCUT2D eigenvalue weighted by molar-refractivity contribution is 7.80. The topological polar surface area (TPSA) is 17.1 Å². The number of ketones is 1. The summed E-state index contributed by atoms with van der Waals surface area (Å²) in [6.07, 6.45) is 0.520. The van der Waals surface area contributed by atoms with E-state index in [2.05, 4.69) is 12.6 Å². The van der Waals surface area contributed by atoms with Crippen molar-refractivity contribution < 1.29 is 4.79 Å². The summed E-state index contributed by atoms with van der Waals surface area (Å²) in [7, 11) is 0. The summed E-state index contributed by atoms with van der Waals surface area (Å²) in [6.45, 7) is 2.01. The van der Waals surface area contributed by atoms with Crippen molar-refractivity contribution in [1.82, 2.24) is 0 Å². The molecule has 0 bridgehead atoms. The van der Waals surface area contributed by atoms with Gasteiger partial charge in [0.25, 0.3) is 0 Å². The standard InChI is InChI=1S/C10H12OS/c1-8-2-4-9(5-3-8)10(11)6-7-12/h2-5,12H,6-7H2,1H3. The molecule has 0 spiro atoms. The molecule has 0 aromatic heterocycles. The minimum absolute atomic E-state index is 0.171. The van der Waals surface area contributed by atoms with Gasteiger partial charge >= 0.3 is 0 Å². The fraction of sp³-hybridized carbons (Fsp3) is 0.300. The van der Waals surface area contributed by atoms with Crippen molar-refractivity contribution in [3.05, 3.63) is 35.4 Å². The predicted octanol–water partition coefficient (Wildman–Crippen LogP) is 2.50. The van der Waals surface area contributed by atoms with Crippen LogP contribution in [0.2, 0.25) is 0 Å². The van der Waals surface area contributed by atoms with Crippen LogP contribution in [0.4, 0.5) is 0 Å². The first-order valence-electron chi connectivity index (χ1n) is 3.95. The van der Waals surface area contributed by atoms with Crippen molar-refractivity contribution in [3.63, 3.8) is 0 Å². The molecule has 0 unspecified atom stereocenters. The number of hydrogen-bond acceptors (Lipinski definition) is 2. The summed E-state index contributed by atoms with van der Waals surface area (Å²) in [4.78, 5) is 11.3. The molecule has 0 aliphatic rings. The molecule has 0 amide bonds. The van der Waals surface area contributed by atoms with E-state index in [0.29, 0.717) is 12.2 Å². The van der Waals surface area contributed by atoms with Crippen molar-refractivity contribution in [2.24, 2.45) is 0 Å². The van der Waals surface area contributed by atoms with Gasteiger partial charge in [-0.3, -0.25) is 4.79 Å². The summed E-state index contributed by atoms with van der Waals surface area (Å²) in [5.41, 5.74) is 1.96. The Morgan fingerprint density at radius 1 is 1.33 bits per heavy atom. The Kier molecular flexibility index (Phi) is 3.35. The zero-order valence-corrected chi connectivity index (χ0v) is 7.97. The largest absolute Gasteiger partial charge is 0.294 e. The molecule has 0 saturated heterocycles. The first-order valence-corrected chi connectivity index (χ1v) is 4.58. The van der Waals surface area contributed by atoms with Gasteiger partial charge in [-0.15, -0.1) is 0 Å². The van der Waals surface area contributed by atoms with Gasteiger partial charge in [-0.25, -0.2) is 0 Å². The minimum atomic E-state index is 0.171. The number of hydrogen-bond donors (Lipinski definition) is 1. The lowest BCUT2D eigenvalue weighted by atomic mass is 10.1. The zero-order chi connectivity index (χ0) is 8.97. The third-order valence-corrected chi connectivity index (χ3v) is 1.94. The number of aryl methyl sites for hydroxylation is 1. The normalized spacial score (nSPS) is 9.83. The SMILES string of the molecule is Cc1ccc(C(=O)CCS)cc1. The molecule has 0 aliphatic carbocycles. The van der Waals surface area contributed by atoms with Crippen LogP contribution >= 0.6 is 12.6 Å². The third kappa shape index (κ3) is 2.38. The van der Waals surface area contributed by atoms with Crippen molar-refractivity contribution in [3.8, 4) is 0 Å². The van der Waals surface area contributed by atoms with E-state index in [-0.39, 0.29) is 5.78 Å². The lowest BCUT2D eigenvalue weighted by molar-refractivity contribution is 0.0989. The van der Waals surface area contributed by atoms with Crippen LogP contribution in [0, 0.1) is 6.92 Å². The van der Waals surface area contributed by atoms with E-state index in [4.69, 9.17) is 0 Å². The van der Waals surface area contributed by atoms with E-state index >= 15 is 0 Å². The first-order chi connectivity index (χ1) is 5.74. The van der Waals surface area contributed by atoms with Gasteiger partial charge in [0.1, 0.15) is 0 Å². The van der Waals surface area contributed by atoms with Crippen molar-refractivity contribution in [2.75, 3.05) is 5.75 Å². The van der Waals surface area contributed by atoms with Crippen molar-refractivity contribution in [2.45, 2.75) is 13.3 Å². The number of thiol groups is 1. The van der Waals surface area contributed by atoms with Crippen LogP contribution in [-0.2, 0) is 0 Å². The van der Waals surface area contributed by atoms with Crippen LogP contribution in [-0.4, -0.2) is 11.5 Å². The molecular weight excluding hydrogens is 168 g/mol. The summed E-state index contributed by atoms with van der Waals surface area (Å²) in [6, 6.07) is 7.62. The maximum atomic E-state index is 11.3. The number of carbonyl (C=O) groups is 1. The van der Waals surface area contributed by atoms with Gasteiger partial charge in [0, 0.05) is 12.0 Å². The van der Waals surface area contributed by atoms with E-state index in [1.807, 2.05) is 31.2 Å². The molecule has 1 aromatic carbocycles. The molecule has 64 valence electrons. The van der Waals surface area contributed by atoms with Crippen LogP contribution in [0.1, 0.15) is 22.3 Å². The highest BCUT2D eigenvalue weighted by atomic mass is 32.1. The zero-order valence-electron chi connectivity index (χ0n) is 7.08. The Morgan fingerprint density at radius 3 is 2.42 bits per heavy atom. The molecular formula is C10H12OS. The monoisotopic (exact) mass is 180 g/mol. The Hall–Kier alpha value is -0.760. The quantitative estimate of drug-likeness (QED) is 0.558. The van der Waals surface area contributed by atoms with Gasteiger partial charge in [-0.1, -0.05) is 29.8 Å².